The number of rotatable bonds is 5. The van der Waals surface area contributed by atoms with Gasteiger partial charge in [0, 0.05) is 37.8 Å². The number of carbonyl (C=O) groups is 1. The van der Waals surface area contributed by atoms with Crippen LogP contribution in [0.15, 0.2) is 60.7 Å². The van der Waals surface area contributed by atoms with Crippen LogP contribution in [0.4, 0.5) is 0 Å². The van der Waals surface area contributed by atoms with E-state index >= 15 is 0 Å². The number of fused-ring (bicyclic) bond motifs is 2. The van der Waals surface area contributed by atoms with Crippen molar-refractivity contribution in [3.63, 3.8) is 0 Å². The monoisotopic (exact) mass is 473 g/mol. The van der Waals surface area contributed by atoms with Gasteiger partial charge in [0.25, 0.3) is 0 Å². The Hall–Kier alpha value is -2.31. The van der Waals surface area contributed by atoms with Crippen LogP contribution in [-0.2, 0) is 24.4 Å². The number of ether oxygens (including phenoxy) is 1. The number of methoxy groups -OCH3 is 1. The van der Waals surface area contributed by atoms with E-state index in [2.05, 4.69) is 53.1 Å². The van der Waals surface area contributed by atoms with Gasteiger partial charge in [-0.2, -0.15) is 0 Å². The summed E-state index contributed by atoms with van der Waals surface area (Å²) in [6.07, 6.45) is 0.804. The Morgan fingerprint density at radius 3 is 2.44 bits per heavy atom. The zero-order chi connectivity index (χ0) is 20.5. The summed E-state index contributed by atoms with van der Waals surface area (Å²) in [5, 5.41) is 9.49. The minimum atomic E-state index is -0.119. The molecule has 2 atom stereocenters. The van der Waals surface area contributed by atoms with Crippen molar-refractivity contribution >= 4 is 41.5 Å². The molecule has 0 saturated carbocycles. The molecule has 2 aliphatic heterocycles. The number of nitrogens with one attached hydrogen (secondary N) is 2. The molecule has 5 nitrogen and oxygen atoms in total. The summed E-state index contributed by atoms with van der Waals surface area (Å²) in [7, 11) is 1.72. The maximum Gasteiger partial charge on any atom is 0.240 e. The van der Waals surface area contributed by atoms with Crippen molar-refractivity contribution in [2.75, 3.05) is 13.7 Å². The van der Waals surface area contributed by atoms with E-state index in [1.54, 1.807) is 7.11 Å². The van der Waals surface area contributed by atoms with Crippen molar-refractivity contribution < 1.29 is 9.53 Å². The second-order valence-corrected chi connectivity index (χ2v) is 8.20. The van der Waals surface area contributed by atoms with Gasteiger partial charge in [0.15, 0.2) is 0 Å². The number of nitrogens with zero attached hydrogens (tertiary/aromatic N) is 1. The lowest BCUT2D eigenvalue weighted by Crippen LogP contribution is -2.40. The number of amides is 1. The SMILES string of the molecule is COc1ccc2ccccc2c1CN[C@@H]1CN[C@H](C(=O)N2Cc3ccccc3C2)C1.Cl.Cl. The maximum absolute atomic E-state index is 13.0. The molecule has 0 aromatic heterocycles. The molecule has 1 fully saturated rings. The first kappa shape index (κ1) is 24.3. The number of hydrogen-bond donors (Lipinski definition) is 2. The number of benzene rings is 3. The average molecular weight is 474 g/mol. The Labute approximate surface area is 201 Å². The van der Waals surface area contributed by atoms with Gasteiger partial charge in [-0.15, -0.1) is 24.8 Å². The standard InChI is InChI=1S/C25H27N3O2.2ClH/c1-30-24-11-10-17-6-4-5-9-21(17)22(24)14-26-20-12-23(27-13-20)25(29)28-15-18-7-2-3-8-19(18)16-28;;/h2-11,20,23,26-27H,12-16H2,1H3;2*1H/t20-,23-;;/m0../s1. The van der Waals surface area contributed by atoms with Crippen LogP contribution in [-0.4, -0.2) is 36.5 Å². The Bertz CT molecular complexity index is 1070. The third-order valence-corrected chi connectivity index (χ3v) is 6.37. The summed E-state index contributed by atoms with van der Waals surface area (Å²) < 4.78 is 5.61. The Morgan fingerprint density at radius 2 is 1.72 bits per heavy atom. The third-order valence-electron chi connectivity index (χ3n) is 6.37. The summed E-state index contributed by atoms with van der Waals surface area (Å²) in [6, 6.07) is 21.0. The van der Waals surface area contributed by atoms with Crippen LogP contribution in [0.25, 0.3) is 10.8 Å². The molecule has 2 heterocycles. The van der Waals surface area contributed by atoms with Crippen molar-refractivity contribution in [3.05, 3.63) is 77.4 Å². The molecule has 0 spiro atoms. The molecule has 170 valence electrons. The molecular formula is C25H29Cl2N3O2. The molecule has 0 unspecified atom stereocenters. The molecule has 2 aliphatic rings. The summed E-state index contributed by atoms with van der Waals surface area (Å²) >= 11 is 0. The van der Waals surface area contributed by atoms with Gasteiger partial charge < -0.3 is 20.3 Å². The molecule has 7 heteroatoms. The maximum atomic E-state index is 13.0. The van der Waals surface area contributed by atoms with E-state index in [0.29, 0.717) is 6.54 Å². The minimum Gasteiger partial charge on any atom is -0.496 e. The van der Waals surface area contributed by atoms with Crippen molar-refractivity contribution in [1.29, 1.82) is 0 Å². The topological polar surface area (TPSA) is 53.6 Å². The normalized spacial score (nSPS) is 19.2. The molecule has 32 heavy (non-hydrogen) atoms. The number of hydrogen-bond acceptors (Lipinski definition) is 4. The lowest BCUT2D eigenvalue weighted by molar-refractivity contribution is -0.133. The molecule has 0 radical (unpaired) electrons. The zero-order valence-electron chi connectivity index (χ0n) is 18.0. The van der Waals surface area contributed by atoms with Crippen molar-refractivity contribution in [3.8, 4) is 5.75 Å². The van der Waals surface area contributed by atoms with Crippen LogP contribution >= 0.6 is 24.8 Å². The molecule has 1 saturated heterocycles. The van der Waals surface area contributed by atoms with E-state index in [-0.39, 0.29) is 42.8 Å². The highest BCUT2D eigenvalue weighted by atomic mass is 35.5. The van der Waals surface area contributed by atoms with Crippen LogP contribution < -0.4 is 15.4 Å². The zero-order valence-corrected chi connectivity index (χ0v) is 19.7. The van der Waals surface area contributed by atoms with E-state index in [1.807, 2.05) is 23.1 Å². The first-order valence-corrected chi connectivity index (χ1v) is 10.6. The Kier molecular flexibility index (Phi) is 8.01. The van der Waals surface area contributed by atoms with Crippen LogP contribution in [0.2, 0.25) is 0 Å². The van der Waals surface area contributed by atoms with Crippen LogP contribution in [0.5, 0.6) is 5.75 Å². The quantitative estimate of drug-likeness (QED) is 0.586. The molecule has 1 amide bonds. The van der Waals surface area contributed by atoms with Gasteiger partial charge >= 0.3 is 0 Å². The second kappa shape index (κ2) is 10.5. The van der Waals surface area contributed by atoms with Crippen LogP contribution in [0, 0.1) is 0 Å². The highest BCUT2D eigenvalue weighted by molar-refractivity contribution is 5.88. The van der Waals surface area contributed by atoms with Gasteiger partial charge in [-0.1, -0.05) is 54.6 Å². The summed E-state index contributed by atoms with van der Waals surface area (Å²) in [5.41, 5.74) is 3.70. The molecule has 0 bridgehead atoms. The van der Waals surface area contributed by atoms with E-state index in [9.17, 15) is 4.79 Å². The molecule has 0 aliphatic carbocycles. The van der Waals surface area contributed by atoms with Crippen molar-refractivity contribution in [1.82, 2.24) is 15.5 Å². The van der Waals surface area contributed by atoms with Gasteiger partial charge in [0.2, 0.25) is 5.91 Å². The third kappa shape index (κ3) is 4.71. The van der Waals surface area contributed by atoms with Gasteiger partial charge in [-0.3, -0.25) is 4.79 Å². The van der Waals surface area contributed by atoms with Gasteiger partial charge in [-0.25, -0.2) is 0 Å². The first-order chi connectivity index (χ1) is 14.7. The van der Waals surface area contributed by atoms with Crippen molar-refractivity contribution in [2.45, 2.75) is 38.1 Å². The highest BCUT2D eigenvalue weighted by Crippen LogP contribution is 2.28. The second-order valence-electron chi connectivity index (χ2n) is 8.20. The van der Waals surface area contributed by atoms with E-state index < -0.39 is 0 Å². The predicted molar refractivity (Wildman–Crippen MR) is 133 cm³/mol. The molecule has 2 N–H and O–H groups in total. The molecule has 3 aromatic rings. The van der Waals surface area contributed by atoms with Crippen LogP contribution in [0.1, 0.15) is 23.1 Å². The van der Waals surface area contributed by atoms with Gasteiger partial charge in [-0.05, 0) is 34.4 Å². The van der Waals surface area contributed by atoms with E-state index in [0.717, 1.165) is 31.8 Å². The van der Waals surface area contributed by atoms with E-state index in [4.69, 9.17) is 4.74 Å². The van der Waals surface area contributed by atoms with E-state index in [1.165, 1.54) is 27.5 Å². The smallest absolute Gasteiger partial charge is 0.240 e. The van der Waals surface area contributed by atoms with Crippen molar-refractivity contribution in [2.24, 2.45) is 0 Å². The Balaban J connectivity index is 0.00000144. The number of halogens is 2. The predicted octanol–water partition coefficient (Wildman–Crippen LogP) is 4.05. The lowest BCUT2D eigenvalue weighted by atomic mass is 10.0. The van der Waals surface area contributed by atoms with Gasteiger partial charge in [0.05, 0.1) is 13.2 Å². The largest absolute Gasteiger partial charge is 0.496 e. The van der Waals surface area contributed by atoms with Gasteiger partial charge in [0.1, 0.15) is 5.75 Å². The fourth-order valence-corrected chi connectivity index (χ4v) is 4.72. The fraction of sp³-hybridized carbons (Fsp3) is 0.320. The molecule has 5 rings (SSSR count). The number of carbonyl (C=O) groups excluding carboxylic acids is 1. The lowest BCUT2D eigenvalue weighted by Gasteiger charge is -2.20. The molecular weight excluding hydrogens is 445 g/mol. The first-order valence-electron chi connectivity index (χ1n) is 10.6. The Morgan fingerprint density at radius 1 is 1.03 bits per heavy atom. The average Bonchev–Trinajstić information content (AvgIpc) is 3.44. The summed E-state index contributed by atoms with van der Waals surface area (Å²) in [5.74, 6) is 1.10. The fourth-order valence-electron chi connectivity index (χ4n) is 4.72. The molecule has 3 aromatic carbocycles. The minimum absolute atomic E-state index is 0. The summed E-state index contributed by atoms with van der Waals surface area (Å²) in [6.45, 7) is 2.95. The summed E-state index contributed by atoms with van der Waals surface area (Å²) in [4.78, 5) is 15.0. The highest BCUT2D eigenvalue weighted by Gasteiger charge is 2.34. The van der Waals surface area contributed by atoms with Crippen LogP contribution in [0.3, 0.4) is 0 Å².